The molecule has 0 saturated heterocycles. The second kappa shape index (κ2) is 7.49. The molecule has 1 aromatic rings. The molecule has 2 N–H and O–H groups in total. The standard InChI is InChI=1S/C12H13Br2NO4/c1-2-19-8-6-4-3-5-7(8)15-11(16)9(13)10(14)12(17)18/h3-6,9-10H,2H2,1H3,(H,15,16)(H,17,18)/t9-,10-/m1/s1. The van der Waals surface area contributed by atoms with Crippen LogP contribution in [0.3, 0.4) is 0 Å². The molecule has 0 radical (unpaired) electrons. The summed E-state index contributed by atoms with van der Waals surface area (Å²) in [5, 5.41) is 11.5. The summed E-state index contributed by atoms with van der Waals surface area (Å²) in [6, 6.07) is 6.96. The predicted octanol–water partition coefficient (Wildman–Crippen LogP) is 2.64. The van der Waals surface area contributed by atoms with Crippen LogP contribution in [0.5, 0.6) is 5.75 Å². The predicted molar refractivity (Wildman–Crippen MR) is 79.3 cm³/mol. The molecule has 0 saturated carbocycles. The Labute approximate surface area is 127 Å². The first kappa shape index (κ1) is 16.0. The zero-order chi connectivity index (χ0) is 14.4. The number of aliphatic carboxylic acids is 1. The largest absolute Gasteiger partial charge is 0.492 e. The van der Waals surface area contributed by atoms with E-state index in [0.29, 0.717) is 18.0 Å². The Morgan fingerprint density at radius 2 is 1.95 bits per heavy atom. The summed E-state index contributed by atoms with van der Waals surface area (Å²) in [7, 11) is 0. The van der Waals surface area contributed by atoms with Gasteiger partial charge in [-0.3, -0.25) is 9.59 Å². The maximum absolute atomic E-state index is 11.9. The van der Waals surface area contributed by atoms with Crippen molar-refractivity contribution < 1.29 is 19.4 Å². The van der Waals surface area contributed by atoms with Crippen molar-refractivity contribution >= 4 is 49.4 Å². The van der Waals surface area contributed by atoms with Gasteiger partial charge >= 0.3 is 5.97 Å². The van der Waals surface area contributed by atoms with Crippen LogP contribution >= 0.6 is 31.9 Å². The SMILES string of the molecule is CCOc1ccccc1NC(=O)[C@H](Br)[C@@H](Br)C(=O)O. The Morgan fingerprint density at radius 1 is 1.32 bits per heavy atom. The molecule has 1 amide bonds. The van der Waals surface area contributed by atoms with Crippen molar-refractivity contribution in [3.8, 4) is 5.75 Å². The van der Waals surface area contributed by atoms with Gasteiger partial charge in [-0.1, -0.05) is 44.0 Å². The van der Waals surface area contributed by atoms with Gasteiger partial charge in [-0.2, -0.15) is 0 Å². The maximum Gasteiger partial charge on any atom is 0.318 e. The lowest BCUT2D eigenvalue weighted by Crippen LogP contribution is -2.34. The van der Waals surface area contributed by atoms with Gasteiger partial charge in [0.15, 0.2) is 0 Å². The van der Waals surface area contributed by atoms with Crippen LogP contribution in [-0.2, 0) is 9.59 Å². The zero-order valence-corrected chi connectivity index (χ0v) is 13.3. The fourth-order valence-corrected chi connectivity index (χ4v) is 1.89. The molecule has 104 valence electrons. The van der Waals surface area contributed by atoms with Gasteiger partial charge in [0, 0.05) is 0 Å². The van der Waals surface area contributed by atoms with Crippen LogP contribution < -0.4 is 10.1 Å². The number of halogens is 2. The zero-order valence-electron chi connectivity index (χ0n) is 10.1. The van der Waals surface area contributed by atoms with E-state index >= 15 is 0 Å². The molecule has 0 aromatic heterocycles. The quantitative estimate of drug-likeness (QED) is 0.727. The molecule has 0 aliphatic heterocycles. The summed E-state index contributed by atoms with van der Waals surface area (Å²) in [4.78, 5) is 20.8. The van der Waals surface area contributed by atoms with Gasteiger partial charge in [0.2, 0.25) is 5.91 Å². The fraction of sp³-hybridized carbons (Fsp3) is 0.333. The third-order valence-electron chi connectivity index (χ3n) is 2.19. The molecule has 2 atom stereocenters. The third kappa shape index (κ3) is 4.50. The number of carboxylic acids is 1. The van der Waals surface area contributed by atoms with E-state index in [1.165, 1.54) is 0 Å². The number of rotatable bonds is 6. The van der Waals surface area contributed by atoms with Gasteiger partial charge in [0.05, 0.1) is 12.3 Å². The highest BCUT2D eigenvalue weighted by atomic mass is 79.9. The van der Waals surface area contributed by atoms with Crippen molar-refractivity contribution in [1.29, 1.82) is 0 Å². The summed E-state index contributed by atoms with van der Waals surface area (Å²) < 4.78 is 5.37. The number of ether oxygens (including phenoxy) is 1. The molecule has 0 bridgehead atoms. The molecule has 0 aliphatic carbocycles. The topological polar surface area (TPSA) is 75.6 Å². The molecule has 0 heterocycles. The van der Waals surface area contributed by atoms with Crippen molar-refractivity contribution in [2.45, 2.75) is 16.6 Å². The molecule has 0 aliphatic rings. The number of carboxylic acid groups (broad SMARTS) is 1. The highest BCUT2D eigenvalue weighted by molar-refractivity contribution is 9.12. The molecule has 5 nitrogen and oxygen atoms in total. The minimum atomic E-state index is -1.12. The molecule has 1 rings (SSSR count). The Morgan fingerprint density at radius 3 is 2.53 bits per heavy atom. The lowest BCUT2D eigenvalue weighted by molar-refractivity contribution is -0.137. The Kier molecular flexibility index (Phi) is 6.30. The van der Waals surface area contributed by atoms with Gasteiger partial charge in [0.1, 0.15) is 15.4 Å². The smallest absolute Gasteiger partial charge is 0.318 e. The van der Waals surface area contributed by atoms with Crippen LogP contribution in [0, 0.1) is 0 Å². The van der Waals surface area contributed by atoms with E-state index in [-0.39, 0.29) is 0 Å². The number of carbonyl (C=O) groups is 2. The van der Waals surface area contributed by atoms with Crippen molar-refractivity contribution in [3.63, 3.8) is 0 Å². The number of anilines is 1. The number of amides is 1. The molecular weight excluding hydrogens is 382 g/mol. The number of benzene rings is 1. The first-order chi connectivity index (χ1) is 8.97. The normalized spacial score (nSPS) is 13.4. The van der Waals surface area contributed by atoms with Crippen LogP contribution in [0.2, 0.25) is 0 Å². The van der Waals surface area contributed by atoms with Crippen LogP contribution in [-0.4, -0.2) is 33.2 Å². The van der Waals surface area contributed by atoms with Gasteiger partial charge in [-0.15, -0.1) is 0 Å². The highest BCUT2D eigenvalue weighted by Crippen LogP contribution is 2.25. The second-order valence-electron chi connectivity index (χ2n) is 3.56. The summed E-state index contributed by atoms with van der Waals surface area (Å²) in [6.07, 6.45) is 0. The number of nitrogens with one attached hydrogen (secondary N) is 1. The van der Waals surface area contributed by atoms with Crippen molar-refractivity contribution in [2.75, 3.05) is 11.9 Å². The van der Waals surface area contributed by atoms with E-state index in [2.05, 4.69) is 37.2 Å². The van der Waals surface area contributed by atoms with Crippen LogP contribution in [0.15, 0.2) is 24.3 Å². The number of hydrogen-bond acceptors (Lipinski definition) is 3. The molecular formula is C12H13Br2NO4. The number of carbonyl (C=O) groups excluding carboxylic acids is 1. The Hall–Kier alpha value is -1.08. The number of alkyl halides is 2. The van der Waals surface area contributed by atoms with Crippen molar-refractivity contribution in [1.82, 2.24) is 0 Å². The van der Waals surface area contributed by atoms with E-state index in [9.17, 15) is 9.59 Å². The lowest BCUT2D eigenvalue weighted by atomic mass is 10.2. The minimum Gasteiger partial charge on any atom is -0.492 e. The van der Waals surface area contributed by atoms with Crippen LogP contribution in [0.4, 0.5) is 5.69 Å². The van der Waals surface area contributed by atoms with E-state index < -0.39 is 21.5 Å². The van der Waals surface area contributed by atoms with Gasteiger partial charge < -0.3 is 15.2 Å². The molecule has 1 aromatic carbocycles. The second-order valence-corrected chi connectivity index (χ2v) is 5.53. The van der Waals surface area contributed by atoms with Crippen molar-refractivity contribution in [3.05, 3.63) is 24.3 Å². The average molecular weight is 395 g/mol. The van der Waals surface area contributed by atoms with Crippen molar-refractivity contribution in [2.24, 2.45) is 0 Å². The summed E-state index contributed by atoms with van der Waals surface area (Å²) >= 11 is 5.98. The molecule has 0 unspecified atom stereocenters. The molecule has 0 spiro atoms. The van der Waals surface area contributed by atoms with Crippen LogP contribution in [0.1, 0.15) is 6.92 Å². The summed E-state index contributed by atoms with van der Waals surface area (Å²) in [6.45, 7) is 2.31. The van der Waals surface area contributed by atoms with E-state index in [4.69, 9.17) is 9.84 Å². The van der Waals surface area contributed by atoms with E-state index in [0.717, 1.165) is 0 Å². The summed E-state index contributed by atoms with van der Waals surface area (Å²) in [5.41, 5.74) is 0.504. The Bertz CT molecular complexity index is 467. The Balaban J connectivity index is 2.79. The molecule has 7 heteroatoms. The van der Waals surface area contributed by atoms with Crippen LogP contribution in [0.25, 0.3) is 0 Å². The third-order valence-corrected chi connectivity index (χ3v) is 4.76. The fourth-order valence-electron chi connectivity index (χ4n) is 1.31. The van der Waals surface area contributed by atoms with Gasteiger partial charge in [-0.25, -0.2) is 0 Å². The van der Waals surface area contributed by atoms with E-state index in [1.807, 2.05) is 6.92 Å². The van der Waals surface area contributed by atoms with Gasteiger partial charge in [-0.05, 0) is 19.1 Å². The van der Waals surface area contributed by atoms with Gasteiger partial charge in [0.25, 0.3) is 0 Å². The number of hydrogen-bond donors (Lipinski definition) is 2. The lowest BCUT2D eigenvalue weighted by Gasteiger charge is -2.15. The molecule has 19 heavy (non-hydrogen) atoms. The molecule has 0 fully saturated rings. The highest BCUT2D eigenvalue weighted by Gasteiger charge is 2.29. The first-order valence-corrected chi connectivity index (χ1v) is 7.34. The number of para-hydroxylation sites is 2. The average Bonchev–Trinajstić information content (AvgIpc) is 2.39. The summed E-state index contributed by atoms with van der Waals surface area (Å²) in [5.74, 6) is -1.04. The minimum absolute atomic E-state index is 0.462. The van der Waals surface area contributed by atoms with E-state index in [1.54, 1.807) is 24.3 Å². The first-order valence-electron chi connectivity index (χ1n) is 5.51. The monoisotopic (exact) mass is 393 g/mol. The maximum atomic E-state index is 11.9.